The highest BCUT2D eigenvalue weighted by atomic mass is 32.2. The van der Waals surface area contributed by atoms with E-state index in [4.69, 9.17) is 0 Å². The molecule has 1 unspecified atom stereocenters. The number of hydrogen-bond donors (Lipinski definition) is 2. The molecule has 4 rings (SSSR count). The second-order valence-electron chi connectivity index (χ2n) is 10.3. The second-order valence-corrected chi connectivity index (χ2v) is 11.3. The van der Waals surface area contributed by atoms with Crippen LogP contribution < -0.4 is 10.2 Å². The Hall–Kier alpha value is -3.39. The first kappa shape index (κ1) is 28.6. The lowest BCUT2D eigenvalue weighted by molar-refractivity contribution is -0.139. The number of carbonyl (C=O) groups is 2. The molecule has 0 saturated heterocycles. The third-order valence-corrected chi connectivity index (χ3v) is 8.13. The van der Waals surface area contributed by atoms with Crippen LogP contribution in [0.15, 0.2) is 60.9 Å². The van der Waals surface area contributed by atoms with Gasteiger partial charge in [0.2, 0.25) is 0 Å². The lowest BCUT2D eigenvalue weighted by Gasteiger charge is -2.31. The summed E-state index contributed by atoms with van der Waals surface area (Å²) < 4.78 is 0. The molecule has 0 bridgehead atoms. The number of amides is 1. The minimum Gasteiger partial charge on any atom is -0.480 e. The van der Waals surface area contributed by atoms with E-state index in [9.17, 15) is 14.7 Å². The fraction of sp³-hybridized carbons (Fsp3) is 0.419. The van der Waals surface area contributed by atoms with Crippen LogP contribution in [-0.2, 0) is 11.3 Å². The highest BCUT2D eigenvalue weighted by Crippen LogP contribution is 2.31. The van der Waals surface area contributed by atoms with Crippen LogP contribution in [0.5, 0.6) is 0 Å². The first-order valence-electron chi connectivity index (χ1n) is 13.7. The van der Waals surface area contributed by atoms with Crippen LogP contribution >= 0.6 is 11.8 Å². The van der Waals surface area contributed by atoms with Gasteiger partial charge in [-0.2, -0.15) is 22.0 Å². The number of aryl methyl sites for hydroxylation is 1. The number of benzene rings is 2. The van der Waals surface area contributed by atoms with Gasteiger partial charge in [-0.25, -0.2) is 4.79 Å². The summed E-state index contributed by atoms with van der Waals surface area (Å²) in [4.78, 5) is 27.6. The molecule has 0 spiro atoms. The van der Waals surface area contributed by atoms with Crippen LogP contribution in [0, 0.1) is 12.8 Å². The van der Waals surface area contributed by atoms with Crippen LogP contribution in [0.25, 0.3) is 11.1 Å². The molecule has 0 radical (unpaired) electrons. The Morgan fingerprint density at radius 1 is 1.08 bits per heavy atom. The van der Waals surface area contributed by atoms with E-state index in [2.05, 4.69) is 26.5 Å². The molecule has 7 nitrogen and oxygen atoms in total. The average Bonchev–Trinajstić information content (AvgIpc) is 2.96. The van der Waals surface area contributed by atoms with Gasteiger partial charge in [-0.05, 0) is 84.6 Å². The lowest BCUT2D eigenvalue weighted by atomic mass is 9.88. The number of nitrogens with one attached hydrogen (secondary N) is 1. The Kier molecular flexibility index (Phi) is 10.4. The molecular formula is C31H38N4O3S. The molecule has 8 heteroatoms. The van der Waals surface area contributed by atoms with Crippen LogP contribution in [-0.4, -0.2) is 51.8 Å². The SMILES string of the molecule is CSCCC(NC(=O)c1ccc(CN(CC2CCCCC2)c2ccnnc2)cc1-c1ccccc1C)C(=O)O. The third kappa shape index (κ3) is 7.82. The number of carbonyl (C=O) groups excluding carboxylic acids is 1. The number of thioether (sulfide) groups is 1. The molecule has 3 aromatic rings. The summed E-state index contributed by atoms with van der Waals surface area (Å²) in [6, 6.07) is 15.0. The fourth-order valence-electron chi connectivity index (χ4n) is 5.35. The standard InChI is InChI=1S/C31H38N4O3S/c1-22-8-6-7-11-26(22)28-18-24(12-13-27(28)30(36)34-29(31(37)38)15-17-39-2)21-35(25-14-16-32-33-19-25)20-23-9-4-3-5-10-23/h6-8,11-14,16,18-19,23,29H,3-5,9-10,15,17,20-21H2,1-2H3,(H,34,36)(H,37,38). The van der Waals surface area contributed by atoms with Gasteiger partial charge >= 0.3 is 5.97 Å². The van der Waals surface area contributed by atoms with E-state index in [1.807, 2.05) is 61.8 Å². The lowest BCUT2D eigenvalue weighted by Crippen LogP contribution is -2.41. The number of aliphatic carboxylic acids is 1. The fourth-order valence-corrected chi connectivity index (χ4v) is 5.82. The number of rotatable bonds is 12. The zero-order valence-corrected chi connectivity index (χ0v) is 23.6. The second kappa shape index (κ2) is 14.1. The Balaban J connectivity index is 1.66. The van der Waals surface area contributed by atoms with Gasteiger partial charge in [0.15, 0.2) is 0 Å². The van der Waals surface area contributed by atoms with Crippen LogP contribution in [0.4, 0.5) is 5.69 Å². The summed E-state index contributed by atoms with van der Waals surface area (Å²) >= 11 is 1.56. The zero-order valence-electron chi connectivity index (χ0n) is 22.8. The first-order chi connectivity index (χ1) is 19.0. The minimum absolute atomic E-state index is 0.370. The summed E-state index contributed by atoms with van der Waals surface area (Å²) in [6.45, 7) is 3.65. The van der Waals surface area contributed by atoms with E-state index in [0.717, 1.165) is 34.5 Å². The Morgan fingerprint density at radius 2 is 1.87 bits per heavy atom. The van der Waals surface area contributed by atoms with E-state index >= 15 is 0 Å². The number of hydrogen-bond acceptors (Lipinski definition) is 6. The molecule has 1 aliphatic rings. The smallest absolute Gasteiger partial charge is 0.326 e. The maximum Gasteiger partial charge on any atom is 0.326 e. The molecule has 1 fully saturated rings. The van der Waals surface area contributed by atoms with Gasteiger partial charge in [-0.15, -0.1) is 0 Å². The summed E-state index contributed by atoms with van der Waals surface area (Å²) in [5, 5.41) is 20.5. The van der Waals surface area contributed by atoms with Crippen LogP contribution in [0.1, 0.15) is 60.0 Å². The van der Waals surface area contributed by atoms with Gasteiger partial charge in [0.05, 0.1) is 18.1 Å². The molecule has 2 aromatic carbocycles. The van der Waals surface area contributed by atoms with Crippen LogP contribution in [0.2, 0.25) is 0 Å². The zero-order chi connectivity index (χ0) is 27.6. The molecule has 1 atom stereocenters. The van der Waals surface area contributed by atoms with Crippen molar-refractivity contribution in [1.82, 2.24) is 15.5 Å². The number of carboxylic acid groups (broad SMARTS) is 1. The number of anilines is 1. The van der Waals surface area contributed by atoms with Gasteiger partial charge in [0.1, 0.15) is 6.04 Å². The van der Waals surface area contributed by atoms with Crippen molar-refractivity contribution in [1.29, 1.82) is 0 Å². The number of aromatic nitrogens is 2. The monoisotopic (exact) mass is 546 g/mol. The first-order valence-corrected chi connectivity index (χ1v) is 15.1. The molecule has 0 aliphatic heterocycles. The average molecular weight is 547 g/mol. The highest BCUT2D eigenvalue weighted by Gasteiger charge is 2.24. The van der Waals surface area contributed by atoms with E-state index in [1.54, 1.807) is 18.0 Å². The van der Waals surface area contributed by atoms with Gasteiger partial charge in [0, 0.05) is 18.7 Å². The van der Waals surface area contributed by atoms with Crippen molar-refractivity contribution in [3.05, 3.63) is 77.6 Å². The molecule has 1 aliphatic carbocycles. The van der Waals surface area contributed by atoms with Crippen molar-refractivity contribution in [2.24, 2.45) is 5.92 Å². The molecule has 206 valence electrons. The molecule has 2 N–H and O–H groups in total. The summed E-state index contributed by atoms with van der Waals surface area (Å²) in [5.74, 6) is -0.0924. The number of carboxylic acids is 1. The minimum atomic E-state index is -1.02. The quantitative estimate of drug-likeness (QED) is 0.289. The Bertz CT molecular complexity index is 1250. The van der Waals surface area contributed by atoms with E-state index in [0.29, 0.717) is 30.2 Å². The van der Waals surface area contributed by atoms with Crippen molar-refractivity contribution in [2.45, 2.75) is 58.0 Å². The molecule has 1 saturated carbocycles. The van der Waals surface area contributed by atoms with Gasteiger partial charge in [-0.3, -0.25) is 4.79 Å². The molecule has 1 aromatic heterocycles. The highest BCUT2D eigenvalue weighted by molar-refractivity contribution is 7.98. The van der Waals surface area contributed by atoms with E-state index in [-0.39, 0.29) is 5.91 Å². The van der Waals surface area contributed by atoms with Gasteiger partial charge < -0.3 is 15.3 Å². The predicted molar refractivity (Wildman–Crippen MR) is 158 cm³/mol. The van der Waals surface area contributed by atoms with Crippen LogP contribution in [0.3, 0.4) is 0 Å². The molecular weight excluding hydrogens is 508 g/mol. The van der Waals surface area contributed by atoms with E-state index < -0.39 is 12.0 Å². The maximum atomic E-state index is 13.4. The van der Waals surface area contributed by atoms with Crippen molar-refractivity contribution < 1.29 is 14.7 Å². The molecule has 39 heavy (non-hydrogen) atoms. The normalized spacial score (nSPS) is 14.5. The van der Waals surface area contributed by atoms with Crippen molar-refractivity contribution in [3.63, 3.8) is 0 Å². The Morgan fingerprint density at radius 3 is 2.56 bits per heavy atom. The largest absolute Gasteiger partial charge is 0.480 e. The van der Waals surface area contributed by atoms with Gasteiger partial charge in [0.25, 0.3) is 5.91 Å². The van der Waals surface area contributed by atoms with Crippen molar-refractivity contribution >= 4 is 29.3 Å². The number of nitrogens with zero attached hydrogens (tertiary/aromatic N) is 3. The summed E-state index contributed by atoms with van der Waals surface area (Å²) in [6.07, 6.45) is 12.2. The Labute approximate surface area is 235 Å². The predicted octanol–water partition coefficient (Wildman–Crippen LogP) is 5.98. The van der Waals surface area contributed by atoms with Gasteiger partial charge in [-0.1, -0.05) is 49.6 Å². The van der Waals surface area contributed by atoms with E-state index in [1.165, 1.54) is 32.1 Å². The van der Waals surface area contributed by atoms with Crippen molar-refractivity contribution in [2.75, 3.05) is 23.5 Å². The molecule has 1 heterocycles. The maximum absolute atomic E-state index is 13.4. The summed E-state index contributed by atoms with van der Waals surface area (Å²) in [5.41, 5.74) is 5.42. The summed E-state index contributed by atoms with van der Waals surface area (Å²) in [7, 11) is 0. The topological polar surface area (TPSA) is 95.4 Å². The van der Waals surface area contributed by atoms with Crippen molar-refractivity contribution in [3.8, 4) is 11.1 Å². The molecule has 1 amide bonds. The third-order valence-electron chi connectivity index (χ3n) is 7.49.